The molecule has 0 unspecified atom stereocenters. The van der Waals surface area contributed by atoms with E-state index in [0.29, 0.717) is 17.3 Å². The van der Waals surface area contributed by atoms with Gasteiger partial charge in [0.2, 0.25) is 0 Å². The van der Waals surface area contributed by atoms with E-state index in [1.54, 1.807) is 0 Å². The highest BCUT2D eigenvalue weighted by Gasteiger charge is 2.28. The smallest absolute Gasteiger partial charge is 0.206 e. The van der Waals surface area contributed by atoms with Crippen LogP contribution >= 0.6 is 23.4 Å². The molecule has 0 N–H and O–H groups in total. The Labute approximate surface area is 133 Å². The Kier molecular flexibility index (Phi) is 5.02. The van der Waals surface area contributed by atoms with Crippen LogP contribution in [0.4, 0.5) is 22.0 Å². The summed E-state index contributed by atoms with van der Waals surface area (Å²) in [6, 6.07) is 6.04. The molecule has 0 amide bonds. The number of hydrogen-bond donors (Lipinski definition) is 0. The van der Waals surface area contributed by atoms with Gasteiger partial charge in [-0.2, -0.15) is 13.2 Å². The van der Waals surface area contributed by atoms with Crippen LogP contribution in [-0.4, -0.2) is 11.9 Å². The van der Waals surface area contributed by atoms with Crippen LogP contribution in [0.2, 0.25) is 5.02 Å². The second-order valence-electron chi connectivity index (χ2n) is 4.63. The molecule has 0 aliphatic carbocycles. The van der Waals surface area contributed by atoms with Gasteiger partial charge in [0.05, 0.1) is 5.75 Å². The molecule has 0 saturated carbocycles. The lowest BCUT2D eigenvalue weighted by Crippen LogP contribution is -2.10. The van der Waals surface area contributed by atoms with Gasteiger partial charge in [-0.1, -0.05) is 11.6 Å². The number of aryl methyl sites for hydroxylation is 1. The van der Waals surface area contributed by atoms with E-state index in [9.17, 15) is 22.0 Å². The highest BCUT2D eigenvalue weighted by Crippen LogP contribution is 2.35. The summed E-state index contributed by atoms with van der Waals surface area (Å²) in [5.41, 5.74) is 0.227. The van der Waals surface area contributed by atoms with Crippen LogP contribution in [0.25, 0.3) is 11.1 Å². The molecule has 2 rings (SSSR count). The van der Waals surface area contributed by atoms with Crippen molar-refractivity contribution in [2.45, 2.75) is 18.0 Å². The molecule has 22 heavy (non-hydrogen) atoms. The number of thioether (sulfide) groups is 1. The van der Waals surface area contributed by atoms with Gasteiger partial charge in [0.1, 0.15) is 11.6 Å². The van der Waals surface area contributed by atoms with Crippen molar-refractivity contribution < 1.29 is 22.0 Å². The molecule has 0 nitrogen and oxygen atoms in total. The van der Waals surface area contributed by atoms with Crippen molar-refractivity contribution in [2.24, 2.45) is 0 Å². The fourth-order valence-corrected chi connectivity index (χ4v) is 2.85. The Morgan fingerprint density at radius 3 is 2.23 bits per heavy atom. The second-order valence-corrected chi connectivity index (χ2v) is 6.08. The summed E-state index contributed by atoms with van der Waals surface area (Å²) in [4.78, 5) is 0.253. The van der Waals surface area contributed by atoms with Crippen molar-refractivity contribution in [3.8, 4) is 11.1 Å². The first kappa shape index (κ1) is 17.1. The third-order valence-electron chi connectivity index (χ3n) is 2.88. The summed E-state index contributed by atoms with van der Waals surface area (Å²) in [6.45, 7) is 1.50. The zero-order valence-electron chi connectivity index (χ0n) is 11.3. The van der Waals surface area contributed by atoms with Gasteiger partial charge >= 0.3 is 6.18 Å². The van der Waals surface area contributed by atoms with Gasteiger partial charge in [0.15, 0.2) is 0 Å². The number of alkyl halides is 3. The van der Waals surface area contributed by atoms with Crippen LogP contribution in [0.15, 0.2) is 35.2 Å². The molecule has 0 radical (unpaired) electrons. The summed E-state index contributed by atoms with van der Waals surface area (Å²) in [7, 11) is 0. The third-order valence-corrected chi connectivity index (χ3v) is 4.33. The summed E-state index contributed by atoms with van der Waals surface area (Å²) >= 11 is 6.18. The molecule has 0 heterocycles. The zero-order valence-corrected chi connectivity index (χ0v) is 12.8. The van der Waals surface area contributed by atoms with Gasteiger partial charge in [-0.15, -0.1) is 11.8 Å². The van der Waals surface area contributed by atoms with E-state index in [2.05, 4.69) is 0 Å². The first-order valence-corrected chi connectivity index (χ1v) is 7.49. The lowest BCUT2D eigenvalue weighted by molar-refractivity contribution is -0.105. The molecule has 0 aromatic heterocycles. The molecular weight excluding hydrogens is 343 g/mol. The maximum absolute atomic E-state index is 14.0. The van der Waals surface area contributed by atoms with E-state index >= 15 is 0 Å². The minimum Gasteiger partial charge on any atom is -0.206 e. The monoisotopic (exact) mass is 352 g/mol. The first-order chi connectivity index (χ1) is 10.2. The van der Waals surface area contributed by atoms with Gasteiger partial charge in [-0.25, -0.2) is 8.78 Å². The maximum atomic E-state index is 14.0. The van der Waals surface area contributed by atoms with Crippen molar-refractivity contribution in [3.05, 3.63) is 52.6 Å². The minimum absolute atomic E-state index is 0.0456. The molecule has 2 aromatic rings. The van der Waals surface area contributed by atoms with Gasteiger partial charge in [-0.05, 0) is 42.8 Å². The normalized spacial score (nSPS) is 11.8. The lowest BCUT2D eigenvalue weighted by atomic mass is 10.0. The second kappa shape index (κ2) is 6.46. The Balaban J connectivity index is 2.44. The van der Waals surface area contributed by atoms with Crippen LogP contribution in [-0.2, 0) is 0 Å². The molecule has 2 aromatic carbocycles. The quantitative estimate of drug-likeness (QED) is 0.465. The zero-order chi connectivity index (χ0) is 16.5. The van der Waals surface area contributed by atoms with Crippen LogP contribution in [0.1, 0.15) is 5.56 Å². The van der Waals surface area contributed by atoms with Crippen LogP contribution < -0.4 is 0 Å². The Morgan fingerprint density at radius 1 is 1.00 bits per heavy atom. The molecule has 0 fully saturated rings. The molecule has 0 spiro atoms. The highest BCUT2D eigenvalue weighted by atomic mass is 35.5. The lowest BCUT2D eigenvalue weighted by Gasteiger charge is -2.12. The summed E-state index contributed by atoms with van der Waals surface area (Å²) in [5, 5.41) is 0.153. The molecule has 0 bridgehead atoms. The maximum Gasteiger partial charge on any atom is 0.398 e. The van der Waals surface area contributed by atoms with Crippen LogP contribution in [0.5, 0.6) is 0 Å². The van der Waals surface area contributed by atoms with Gasteiger partial charge in [-0.3, -0.25) is 0 Å². The summed E-state index contributed by atoms with van der Waals surface area (Å²) in [6.07, 6.45) is -4.34. The van der Waals surface area contributed by atoms with Gasteiger partial charge in [0.25, 0.3) is 0 Å². The van der Waals surface area contributed by atoms with E-state index in [4.69, 9.17) is 11.6 Å². The van der Waals surface area contributed by atoms with E-state index in [-0.39, 0.29) is 21.0 Å². The van der Waals surface area contributed by atoms with Gasteiger partial charge < -0.3 is 0 Å². The predicted octanol–water partition coefficient (Wildman–Crippen LogP) is 6.25. The van der Waals surface area contributed by atoms with Crippen molar-refractivity contribution in [3.63, 3.8) is 0 Å². The number of halogens is 6. The fourth-order valence-electron chi connectivity index (χ4n) is 1.88. The average molecular weight is 353 g/mol. The number of benzene rings is 2. The molecule has 7 heteroatoms. The number of hydrogen-bond acceptors (Lipinski definition) is 1. The van der Waals surface area contributed by atoms with Crippen LogP contribution in [0, 0.1) is 18.6 Å². The van der Waals surface area contributed by atoms with Crippen molar-refractivity contribution in [1.82, 2.24) is 0 Å². The molecule has 0 saturated heterocycles. The molecule has 0 atom stereocenters. The van der Waals surface area contributed by atoms with E-state index in [1.165, 1.54) is 25.1 Å². The molecular formula is C15H10ClF5S. The standard InChI is InChI=1S/C15H10ClF5S/c1-8-4-12(17)11(6-14(8)22-7-15(19,20)21)10-3-2-9(16)5-13(10)18/h2-6H,7H2,1H3. The Hall–Kier alpha value is -1.27. The Morgan fingerprint density at radius 2 is 1.64 bits per heavy atom. The van der Waals surface area contributed by atoms with Crippen molar-refractivity contribution in [2.75, 3.05) is 5.75 Å². The number of rotatable bonds is 3. The largest absolute Gasteiger partial charge is 0.398 e. The SMILES string of the molecule is Cc1cc(F)c(-c2ccc(Cl)cc2F)cc1SCC(F)(F)F. The molecule has 0 aliphatic heterocycles. The fraction of sp³-hybridized carbons (Fsp3) is 0.200. The summed E-state index contributed by atoms with van der Waals surface area (Å²) in [5.74, 6) is -2.53. The molecule has 118 valence electrons. The van der Waals surface area contributed by atoms with Crippen molar-refractivity contribution in [1.29, 1.82) is 0 Å². The average Bonchev–Trinajstić information content (AvgIpc) is 2.38. The van der Waals surface area contributed by atoms with Gasteiger partial charge in [0, 0.05) is 21.0 Å². The minimum atomic E-state index is -4.34. The topological polar surface area (TPSA) is 0 Å². The third kappa shape index (κ3) is 4.14. The predicted molar refractivity (Wildman–Crippen MR) is 78.3 cm³/mol. The highest BCUT2D eigenvalue weighted by molar-refractivity contribution is 7.99. The van der Waals surface area contributed by atoms with Crippen molar-refractivity contribution >= 4 is 23.4 Å². The first-order valence-electron chi connectivity index (χ1n) is 6.12. The summed E-state index contributed by atoms with van der Waals surface area (Å²) < 4.78 is 64.9. The Bertz CT molecular complexity index is 697. The van der Waals surface area contributed by atoms with E-state index in [1.807, 2.05) is 0 Å². The van der Waals surface area contributed by atoms with E-state index < -0.39 is 23.6 Å². The van der Waals surface area contributed by atoms with E-state index in [0.717, 1.165) is 12.1 Å². The van der Waals surface area contributed by atoms with Crippen LogP contribution in [0.3, 0.4) is 0 Å². The molecule has 0 aliphatic rings.